The Morgan fingerprint density at radius 3 is 1.83 bits per heavy atom. The SMILES string of the molecule is O=C([C@H]1C[C@H]1[N+](=O)[O-])N1CCN(C(c2ccc(F)cc2)c2ccc(F)cc2)CC1. The molecule has 6 nitrogen and oxygen atoms in total. The third-order valence-corrected chi connectivity index (χ3v) is 5.71. The van der Waals surface area contributed by atoms with Gasteiger partial charge in [0.05, 0.1) is 6.04 Å². The average molecular weight is 401 g/mol. The van der Waals surface area contributed by atoms with Gasteiger partial charge in [0.2, 0.25) is 11.9 Å². The Hall–Kier alpha value is -2.87. The normalized spacial score (nSPS) is 22.0. The number of piperazine rings is 1. The van der Waals surface area contributed by atoms with E-state index < -0.39 is 12.0 Å². The molecular weight excluding hydrogens is 380 g/mol. The molecular formula is C21H21F2N3O3. The van der Waals surface area contributed by atoms with Gasteiger partial charge in [-0.05, 0) is 35.4 Å². The van der Waals surface area contributed by atoms with Gasteiger partial charge in [-0.3, -0.25) is 19.8 Å². The largest absolute Gasteiger partial charge is 0.340 e. The maximum absolute atomic E-state index is 13.4. The van der Waals surface area contributed by atoms with Crippen LogP contribution in [0.4, 0.5) is 8.78 Å². The Morgan fingerprint density at radius 1 is 0.931 bits per heavy atom. The minimum absolute atomic E-state index is 0.147. The molecule has 1 aliphatic heterocycles. The van der Waals surface area contributed by atoms with Gasteiger partial charge in [0.15, 0.2) is 0 Å². The summed E-state index contributed by atoms with van der Waals surface area (Å²) < 4.78 is 26.8. The van der Waals surface area contributed by atoms with Crippen LogP contribution in [-0.4, -0.2) is 52.9 Å². The summed E-state index contributed by atoms with van der Waals surface area (Å²) in [5.74, 6) is -1.30. The predicted molar refractivity (Wildman–Crippen MR) is 102 cm³/mol. The summed E-state index contributed by atoms with van der Waals surface area (Å²) in [6, 6.07) is 11.5. The molecule has 2 fully saturated rings. The van der Waals surface area contributed by atoms with Crippen LogP contribution in [0, 0.1) is 27.7 Å². The van der Waals surface area contributed by atoms with E-state index in [1.165, 1.54) is 24.3 Å². The molecule has 1 saturated carbocycles. The minimum atomic E-state index is -0.744. The molecule has 0 spiro atoms. The highest BCUT2D eigenvalue weighted by molar-refractivity contribution is 5.82. The number of hydrogen-bond acceptors (Lipinski definition) is 4. The zero-order chi connectivity index (χ0) is 20.5. The third kappa shape index (κ3) is 4.12. The second-order valence-corrected chi connectivity index (χ2v) is 7.56. The Labute approximate surface area is 166 Å². The Bertz CT molecular complexity index is 851. The molecule has 29 heavy (non-hydrogen) atoms. The number of hydrogen-bond donors (Lipinski definition) is 0. The molecule has 2 aromatic rings. The molecule has 2 aliphatic rings. The van der Waals surface area contributed by atoms with Crippen molar-refractivity contribution in [2.75, 3.05) is 26.2 Å². The fourth-order valence-electron chi connectivity index (χ4n) is 4.02. The second-order valence-electron chi connectivity index (χ2n) is 7.56. The molecule has 0 radical (unpaired) electrons. The van der Waals surface area contributed by atoms with Crippen LogP contribution in [0.25, 0.3) is 0 Å². The summed E-state index contributed by atoms with van der Waals surface area (Å²) in [5.41, 5.74) is 1.77. The monoisotopic (exact) mass is 401 g/mol. The maximum atomic E-state index is 13.4. The fourth-order valence-corrected chi connectivity index (χ4v) is 4.02. The average Bonchev–Trinajstić information content (AvgIpc) is 3.52. The summed E-state index contributed by atoms with van der Waals surface area (Å²) in [4.78, 5) is 26.8. The molecule has 2 aromatic carbocycles. The van der Waals surface area contributed by atoms with Crippen LogP contribution < -0.4 is 0 Å². The molecule has 1 amide bonds. The number of halogens is 2. The first-order valence-corrected chi connectivity index (χ1v) is 9.61. The van der Waals surface area contributed by atoms with Gasteiger partial charge in [0, 0.05) is 37.5 Å². The number of amides is 1. The number of nitro groups is 1. The summed E-state index contributed by atoms with van der Waals surface area (Å²) in [5, 5.41) is 10.8. The number of benzene rings is 2. The Balaban J connectivity index is 1.49. The van der Waals surface area contributed by atoms with Crippen molar-refractivity contribution in [1.29, 1.82) is 0 Å². The number of carbonyl (C=O) groups excluding carboxylic acids is 1. The van der Waals surface area contributed by atoms with E-state index in [2.05, 4.69) is 4.90 Å². The fraction of sp³-hybridized carbons (Fsp3) is 0.381. The standard InChI is InChI=1S/C21H21F2N3O3/c22-16-5-1-14(2-6-16)20(15-3-7-17(23)8-4-15)24-9-11-25(12-10-24)21(27)18-13-19(18)26(28)29/h1-8,18-20H,9-13H2/t18-,19+/m0/s1. The molecule has 1 saturated heterocycles. The van der Waals surface area contributed by atoms with E-state index in [0.717, 1.165) is 11.1 Å². The number of nitrogens with zero attached hydrogens (tertiary/aromatic N) is 3. The lowest BCUT2D eigenvalue weighted by atomic mass is 9.96. The van der Waals surface area contributed by atoms with Gasteiger partial charge in [0.1, 0.15) is 17.6 Å². The van der Waals surface area contributed by atoms with Gasteiger partial charge < -0.3 is 4.90 Å². The topological polar surface area (TPSA) is 66.7 Å². The van der Waals surface area contributed by atoms with E-state index in [0.29, 0.717) is 32.6 Å². The Morgan fingerprint density at radius 2 is 1.41 bits per heavy atom. The van der Waals surface area contributed by atoms with E-state index in [1.807, 2.05) is 0 Å². The van der Waals surface area contributed by atoms with E-state index in [1.54, 1.807) is 29.2 Å². The molecule has 0 unspecified atom stereocenters. The quantitative estimate of drug-likeness (QED) is 0.571. The van der Waals surface area contributed by atoms with Gasteiger partial charge in [-0.1, -0.05) is 24.3 Å². The highest BCUT2D eigenvalue weighted by atomic mass is 19.1. The second kappa shape index (κ2) is 7.87. The lowest BCUT2D eigenvalue weighted by Crippen LogP contribution is -2.50. The van der Waals surface area contributed by atoms with Crippen LogP contribution in [0.3, 0.4) is 0 Å². The summed E-state index contributed by atoms with van der Waals surface area (Å²) in [6.45, 7) is 2.08. The summed E-state index contributed by atoms with van der Waals surface area (Å²) >= 11 is 0. The van der Waals surface area contributed by atoms with Crippen LogP contribution in [0.15, 0.2) is 48.5 Å². The highest BCUT2D eigenvalue weighted by Gasteiger charge is 2.54. The molecule has 0 N–H and O–H groups in total. The number of carbonyl (C=O) groups is 1. The van der Waals surface area contributed by atoms with Gasteiger partial charge in [0.25, 0.3) is 0 Å². The van der Waals surface area contributed by atoms with Gasteiger partial charge in [-0.25, -0.2) is 8.78 Å². The molecule has 0 bridgehead atoms. The van der Waals surface area contributed by atoms with E-state index in [4.69, 9.17) is 0 Å². The van der Waals surface area contributed by atoms with Crippen molar-refractivity contribution in [2.45, 2.75) is 18.5 Å². The third-order valence-electron chi connectivity index (χ3n) is 5.71. The van der Waals surface area contributed by atoms with Crippen LogP contribution in [0.5, 0.6) is 0 Å². The van der Waals surface area contributed by atoms with Crippen molar-refractivity contribution in [1.82, 2.24) is 9.80 Å². The first kappa shape index (κ1) is 19.4. The van der Waals surface area contributed by atoms with Gasteiger partial charge in [-0.2, -0.15) is 0 Å². The first-order valence-electron chi connectivity index (χ1n) is 9.61. The van der Waals surface area contributed by atoms with E-state index in [9.17, 15) is 23.7 Å². The molecule has 152 valence electrons. The smallest absolute Gasteiger partial charge is 0.232 e. The molecule has 4 rings (SSSR count). The van der Waals surface area contributed by atoms with Crippen molar-refractivity contribution in [2.24, 2.45) is 5.92 Å². The zero-order valence-corrected chi connectivity index (χ0v) is 15.7. The first-order chi connectivity index (χ1) is 13.9. The number of rotatable bonds is 5. The van der Waals surface area contributed by atoms with E-state index >= 15 is 0 Å². The lowest BCUT2D eigenvalue weighted by Gasteiger charge is -2.39. The maximum Gasteiger partial charge on any atom is 0.232 e. The van der Waals surface area contributed by atoms with Crippen LogP contribution in [0.2, 0.25) is 0 Å². The van der Waals surface area contributed by atoms with Gasteiger partial charge in [-0.15, -0.1) is 0 Å². The minimum Gasteiger partial charge on any atom is -0.340 e. The highest BCUT2D eigenvalue weighted by Crippen LogP contribution is 2.36. The van der Waals surface area contributed by atoms with Crippen molar-refractivity contribution in [3.05, 3.63) is 81.4 Å². The molecule has 8 heteroatoms. The molecule has 1 heterocycles. The van der Waals surface area contributed by atoms with Gasteiger partial charge >= 0.3 is 0 Å². The predicted octanol–water partition coefficient (Wildman–Crippen LogP) is 2.86. The van der Waals surface area contributed by atoms with Crippen LogP contribution in [-0.2, 0) is 4.79 Å². The van der Waals surface area contributed by atoms with Crippen LogP contribution >= 0.6 is 0 Å². The zero-order valence-electron chi connectivity index (χ0n) is 15.7. The summed E-state index contributed by atoms with van der Waals surface area (Å²) in [7, 11) is 0. The van der Waals surface area contributed by atoms with Crippen molar-refractivity contribution < 1.29 is 18.5 Å². The van der Waals surface area contributed by atoms with Crippen molar-refractivity contribution in [3.63, 3.8) is 0 Å². The molecule has 1 aliphatic carbocycles. The van der Waals surface area contributed by atoms with Crippen LogP contribution in [0.1, 0.15) is 23.6 Å². The molecule has 2 atom stereocenters. The lowest BCUT2D eigenvalue weighted by molar-refractivity contribution is -0.497. The van der Waals surface area contributed by atoms with Crippen molar-refractivity contribution in [3.8, 4) is 0 Å². The Kier molecular flexibility index (Phi) is 5.27. The summed E-state index contributed by atoms with van der Waals surface area (Å²) in [6.07, 6.45) is 0.319. The molecule has 0 aromatic heterocycles. The van der Waals surface area contributed by atoms with E-state index in [-0.39, 0.29) is 28.5 Å². The van der Waals surface area contributed by atoms with Crippen molar-refractivity contribution >= 4 is 5.91 Å².